The predicted molar refractivity (Wildman–Crippen MR) is 66.3 cm³/mol. The lowest BCUT2D eigenvalue weighted by atomic mass is 10.2. The van der Waals surface area contributed by atoms with Crippen molar-refractivity contribution in [3.05, 3.63) is 28.2 Å². The van der Waals surface area contributed by atoms with Gasteiger partial charge < -0.3 is 4.74 Å². The maximum atomic E-state index is 11.9. The molecule has 0 N–H and O–H groups in total. The molecule has 0 fully saturated rings. The maximum Gasteiger partial charge on any atom is 0.307 e. The third-order valence-electron chi connectivity index (χ3n) is 2.86. The lowest BCUT2D eigenvalue weighted by Gasteiger charge is -2.06. The van der Waals surface area contributed by atoms with E-state index in [4.69, 9.17) is 0 Å². The lowest BCUT2D eigenvalue weighted by Crippen LogP contribution is -2.22. The minimum absolute atomic E-state index is 0.150. The molecule has 2 aromatic rings. The molecule has 0 spiro atoms. The van der Waals surface area contributed by atoms with Gasteiger partial charge in [0.1, 0.15) is 0 Å². The number of ether oxygens (including phenoxy) is 1. The monoisotopic (exact) mass is 249 g/mol. The summed E-state index contributed by atoms with van der Waals surface area (Å²) in [5.74, 6) is -0.341. The smallest absolute Gasteiger partial charge is 0.307 e. The molecule has 0 aliphatic carbocycles. The van der Waals surface area contributed by atoms with E-state index >= 15 is 0 Å². The first-order chi connectivity index (χ1) is 8.52. The molecule has 0 saturated heterocycles. The number of methoxy groups -OCH3 is 1. The second kappa shape index (κ2) is 4.64. The zero-order valence-electron chi connectivity index (χ0n) is 10.6. The van der Waals surface area contributed by atoms with E-state index in [0.717, 1.165) is 10.9 Å². The fraction of sp³-hybridized carbons (Fsp3) is 0.417. The number of hydrogen-bond acceptors (Lipinski definition) is 4. The predicted octanol–water partition coefficient (Wildman–Crippen LogP) is 0.607. The first-order valence-electron chi connectivity index (χ1n) is 5.63. The molecule has 0 aliphatic heterocycles. The second-order valence-electron chi connectivity index (χ2n) is 4.18. The Morgan fingerprint density at radius 3 is 2.89 bits per heavy atom. The van der Waals surface area contributed by atoms with Crippen LogP contribution in [-0.2, 0) is 23.1 Å². The van der Waals surface area contributed by atoms with Gasteiger partial charge in [-0.15, -0.1) is 0 Å². The molecule has 2 rings (SSSR count). The minimum atomic E-state index is -0.341. The van der Waals surface area contributed by atoms with E-state index in [9.17, 15) is 9.59 Å². The highest BCUT2D eigenvalue weighted by Crippen LogP contribution is 2.14. The highest BCUT2D eigenvalue weighted by Gasteiger charge is 2.11. The van der Waals surface area contributed by atoms with Crippen molar-refractivity contribution in [1.82, 2.24) is 14.3 Å². The van der Waals surface area contributed by atoms with Crippen LogP contribution in [0.15, 0.2) is 17.1 Å². The van der Waals surface area contributed by atoms with Gasteiger partial charge in [0.05, 0.1) is 13.5 Å². The largest absolute Gasteiger partial charge is 0.469 e. The van der Waals surface area contributed by atoms with Gasteiger partial charge in [-0.1, -0.05) is 0 Å². The van der Waals surface area contributed by atoms with Crippen LogP contribution in [0, 0.1) is 6.92 Å². The number of pyridine rings is 1. The summed E-state index contributed by atoms with van der Waals surface area (Å²) in [4.78, 5) is 23.1. The van der Waals surface area contributed by atoms with Crippen molar-refractivity contribution in [3.8, 4) is 0 Å². The van der Waals surface area contributed by atoms with Crippen molar-refractivity contribution in [1.29, 1.82) is 0 Å². The van der Waals surface area contributed by atoms with Crippen molar-refractivity contribution in [2.75, 3.05) is 7.11 Å². The summed E-state index contributed by atoms with van der Waals surface area (Å²) in [5.41, 5.74) is 1.34. The summed E-state index contributed by atoms with van der Waals surface area (Å²) in [6.45, 7) is 2.15. The van der Waals surface area contributed by atoms with Gasteiger partial charge in [-0.25, -0.2) is 0 Å². The zero-order chi connectivity index (χ0) is 13.3. The van der Waals surface area contributed by atoms with E-state index < -0.39 is 0 Å². The van der Waals surface area contributed by atoms with Crippen LogP contribution >= 0.6 is 0 Å². The molecule has 0 amide bonds. The molecular formula is C12H15N3O3. The van der Waals surface area contributed by atoms with E-state index in [1.165, 1.54) is 11.7 Å². The Labute approximate surface area is 104 Å². The summed E-state index contributed by atoms with van der Waals surface area (Å²) >= 11 is 0. The average molecular weight is 249 g/mol. The quantitative estimate of drug-likeness (QED) is 0.747. The highest BCUT2D eigenvalue weighted by atomic mass is 16.5. The van der Waals surface area contributed by atoms with Crippen molar-refractivity contribution in [2.45, 2.75) is 19.9 Å². The normalized spacial score (nSPS) is 10.8. The Balaban J connectivity index is 2.49. The van der Waals surface area contributed by atoms with Gasteiger partial charge in [-0.2, -0.15) is 5.10 Å². The molecular weight excluding hydrogens is 234 g/mol. The Morgan fingerprint density at radius 1 is 1.50 bits per heavy atom. The van der Waals surface area contributed by atoms with Crippen molar-refractivity contribution >= 4 is 17.0 Å². The summed E-state index contributed by atoms with van der Waals surface area (Å²) < 4.78 is 7.73. The molecule has 0 saturated carbocycles. The van der Waals surface area contributed by atoms with Gasteiger partial charge in [-0.3, -0.25) is 18.8 Å². The van der Waals surface area contributed by atoms with E-state index in [1.54, 1.807) is 17.8 Å². The molecule has 0 bridgehead atoms. The number of nitrogens with zero attached hydrogens (tertiary/aromatic N) is 3. The number of aromatic nitrogens is 3. The van der Waals surface area contributed by atoms with Crippen LogP contribution in [0.2, 0.25) is 0 Å². The Morgan fingerprint density at radius 2 is 2.22 bits per heavy atom. The van der Waals surface area contributed by atoms with Crippen LogP contribution in [-0.4, -0.2) is 27.4 Å². The molecule has 18 heavy (non-hydrogen) atoms. The van der Waals surface area contributed by atoms with Crippen LogP contribution in [0.4, 0.5) is 0 Å². The van der Waals surface area contributed by atoms with Crippen LogP contribution in [0.3, 0.4) is 0 Å². The van der Waals surface area contributed by atoms with E-state index in [-0.39, 0.29) is 24.5 Å². The summed E-state index contributed by atoms with van der Waals surface area (Å²) in [7, 11) is 3.13. The SMILES string of the molecule is COC(=O)CCn1c(=O)cc(C)c2cn(C)nc21. The van der Waals surface area contributed by atoms with Crippen molar-refractivity contribution in [3.63, 3.8) is 0 Å². The molecule has 0 aliphatic rings. The van der Waals surface area contributed by atoms with E-state index in [0.29, 0.717) is 5.65 Å². The number of rotatable bonds is 3. The van der Waals surface area contributed by atoms with Crippen LogP contribution in [0.25, 0.3) is 11.0 Å². The van der Waals surface area contributed by atoms with Gasteiger partial charge in [0.25, 0.3) is 5.56 Å². The number of esters is 1. The van der Waals surface area contributed by atoms with Crippen LogP contribution < -0.4 is 5.56 Å². The number of aryl methyl sites for hydroxylation is 3. The van der Waals surface area contributed by atoms with Gasteiger partial charge >= 0.3 is 5.97 Å². The Bertz CT molecular complexity index is 654. The number of carbonyl (C=O) groups is 1. The molecule has 2 aromatic heterocycles. The lowest BCUT2D eigenvalue weighted by molar-refractivity contribution is -0.140. The van der Waals surface area contributed by atoms with Gasteiger partial charge in [-0.05, 0) is 12.5 Å². The first kappa shape index (κ1) is 12.3. The van der Waals surface area contributed by atoms with Gasteiger partial charge in [0, 0.05) is 31.2 Å². The molecule has 0 aromatic carbocycles. The molecule has 0 atom stereocenters. The average Bonchev–Trinajstić information content (AvgIpc) is 2.70. The molecule has 6 heteroatoms. The van der Waals surface area contributed by atoms with E-state index in [1.807, 2.05) is 13.1 Å². The minimum Gasteiger partial charge on any atom is -0.469 e. The molecule has 96 valence electrons. The zero-order valence-corrected chi connectivity index (χ0v) is 10.6. The summed E-state index contributed by atoms with van der Waals surface area (Å²) in [5, 5.41) is 5.18. The Kier molecular flexibility index (Phi) is 3.18. The van der Waals surface area contributed by atoms with Crippen LogP contribution in [0.1, 0.15) is 12.0 Å². The first-order valence-corrected chi connectivity index (χ1v) is 5.63. The topological polar surface area (TPSA) is 66.1 Å². The van der Waals surface area contributed by atoms with Gasteiger partial charge in [0.2, 0.25) is 0 Å². The second-order valence-corrected chi connectivity index (χ2v) is 4.18. The van der Waals surface area contributed by atoms with Gasteiger partial charge in [0.15, 0.2) is 5.65 Å². The van der Waals surface area contributed by atoms with Crippen molar-refractivity contribution in [2.24, 2.45) is 7.05 Å². The fourth-order valence-corrected chi connectivity index (χ4v) is 1.92. The standard InChI is InChI=1S/C12H15N3O3/c1-8-6-10(16)15(5-4-11(17)18-3)12-9(8)7-14(2)13-12/h6-7H,4-5H2,1-3H3. The fourth-order valence-electron chi connectivity index (χ4n) is 1.92. The highest BCUT2D eigenvalue weighted by molar-refractivity contribution is 5.78. The summed E-state index contributed by atoms with van der Waals surface area (Å²) in [6, 6.07) is 1.56. The number of hydrogen-bond donors (Lipinski definition) is 0. The number of carbonyl (C=O) groups excluding carboxylic acids is 1. The molecule has 0 unspecified atom stereocenters. The molecule has 0 radical (unpaired) electrons. The third kappa shape index (κ3) is 2.13. The van der Waals surface area contributed by atoms with E-state index in [2.05, 4.69) is 9.84 Å². The molecule has 6 nitrogen and oxygen atoms in total. The summed E-state index contributed by atoms with van der Waals surface area (Å²) in [6.07, 6.45) is 2.02. The van der Waals surface area contributed by atoms with Crippen LogP contribution in [0.5, 0.6) is 0 Å². The number of fused-ring (bicyclic) bond motifs is 1. The maximum absolute atomic E-state index is 11.9. The Hall–Kier alpha value is -2.11. The molecule has 2 heterocycles. The third-order valence-corrected chi connectivity index (χ3v) is 2.86. The van der Waals surface area contributed by atoms with Crippen molar-refractivity contribution < 1.29 is 9.53 Å².